The molecule has 1 aliphatic heterocycles. The van der Waals surface area contributed by atoms with Crippen LogP contribution in [0.1, 0.15) is 11.3 Å². The van der Waals surface area contributed by atoms with E-state index in [4.69, 9.17) is 14.6 Å². The summed E-state index contributed by atoms with van der Waals surface area (Å²) in [5.41, 5.74) is 2.30. The molecule has 3 N–H and O–H groups in total. The number of hydrogen-bond acceptors (Lipinski definition) is 4. The number of amidine groups is 1. The van der Waals surface area contributed by atoms with E-state index in [1.54, 1.807) is 6.26 Å². The molecular formula is C20H16N2O5. The minimum Gasteiger partial charge on any atom is -0.478 e. The smallest absolute Gasteiger partial charge is 0.328 e. The maximum absolute atomic E-state index is 9.55. The van der Waals surface area contributed by atoms with Crippen LogP contribution in [-0.2, 0) is 16.1 Å². The van der Waals surface area contributed by atoms with Gasteiger partial charge in [0.25, 0.3) is 0 Å². The van der Waals surface area contributed by atoms with E-state index in [2.05, 4.69) is 46.7 Å². The minimum absolute atomic E-state index is 0.555. The van der Waals surface area contributed by atoms with Gasteiger partial charge in [0.05, 0.1) is 12.8 Å². The number of benzene rings is 2. The first-order chi connectivity index (χ1) is 13.0. The quantitative estimate of drug-likeness (QED) is 0.611. The van der Waals surface area contributed by atoms with Gasteiger partial charge in [0.15, 0.2) is 0 Å². The van der Waals surface area contributed by atoms with E-state index >= 15 is 0 Å². The van der Waals surface area contributed by atoms with Gasteiger partial charge in [-0.3, -0.25) is 4.99 Å². The summed E-state index contributed by atoms with van der Waals surface area (Å²) in [6.07, 6.45) is 2.79. The van der Waals surface area contributed by atoms with Crippen molar-refractivity contribution in [1.82, 2.24) is 0 Å². The van der Waals surface area contributed by atoms with Crippen molar-refractivity contribution in [2.75, 3.05) is 5.32 Å². The Bertz CT molecular complexity index is 1010. The normalized spacial score (nSPS) is 13.4. The summed E-state index contributed by atoms with van der Waals surface area (Å²) in [6, 6.07) is 16.4. The Kier molecular flexibility index (Phi) is 5.32. The van der Waals surface area contributed by atoms with Crippen molar-refractivity contribution in [1.29, 1.82) is 0 Å². The first kappa shape index (κ1) is 17.9. The Morgan fingerprint density at radius 1 is 1.00 bits per heavy atom. The zero-order chi connectivity index (χ0) is 19.2. The lowest BCUT2D eigenvalue weighted by Gasteiger charge is -1.99. The van der Waals surface area contributed by atoms with Gasteiger partial charge in [-0.15, -0.1) is 0 Å². The van der Waals surface area contributed by atoms with Gasteiger partial charge in [0.1, 0.15) is 11.6 Å². The third-order valence-electron chi connectivity index (χ3n) is 3.75. The second-order valence-corrected chi connectivity index (χ2v) is 5.59. The van der Waals surface area contributed by atoms with Crippen molar-refractivity contribution in [2.45, 2.75) is 6.54 Å². The van der Waals surface area contributed by atoms with Crippen molar-refractivity contribution in [3.8, 4) is 0 Å². The SMILES string of the molecule is O=C(O)/C=C/C(=O)O.c1coc(CN=C2Nc3cccc4cccc2c34)c1. The maximum atomic E-state index is 9.55. The largest absolute Gasteiger partial charge is 0.478 e. The molecule has 0 bridgehead atoms. The van der Waals surface area contributed by atoms with Crippen LogP contribution in [0, 0.1) is 0 Å². The molecule has 136 valence electrons. The number of anilines is 1. The second kappa shape index (κ2) is 8.01. The molecule has 2 aromatic carbocycles. The van der Waals surface area contributed by atoms with Gasteiger partial charge in [-0.1, -0.05) is 30.3 Å². The van der Waals surface area contributed by atoms with Crippen molar-refractivity contribution in [2.24, 2.45) is 4.99 Å². The predicted octanol–water partition coefficient (Wildman–Crippen LogP) is 3.52. The van der Waals surface area contributed by atoms with Crippen LogP contribution in [0.5, 0.6) is 0 Å². The van der Waals surface area contributed by atoms with Gasteiger partial charge in [-0.2, -0.15) is 0 Å². The molecule has 1 aliphatic rings. The highest BCUT2D eigenvalue weighted by atomic mass is 16.4. The van der Waals surface area contributed by atoms with Gasteiger partial charge < -0.3 is 19.9 Å². The summed E-state index contributed by atoms with van der Waals surface area (Å²) in [4.78, 5) is 23.7. The summed E-state index contributed by atoms with van der Waals surface area (Å²) in [7, 11) is 0. The summed E-state index contributed by atoms with van der Waals surface area (Å²) in [5, 5.41) is 21.5. The van der Waals surface area contributed by atoms with Gasteiger partial charge in [0.2, 0.25) is 0 Å². The Labute approximate surface area is 154 Å². The molecule has 0 atom stereocenters. The van der Waals surface area contributed by atoms with Gasteiger partial charge in [-0.05, 0) is 23.6 Å². The summed E-state index contributed by atoms with van der Waals surface area (Å²) in [6.45, 7) is 0.555. The summed E-state index contributed by atoms with van der Waals surface area (Å²) >= 11 is 0. The second-order valence-electron chi connectivity index (χ2n) is 5.59. The van der Waals surface area contributed by atoms with Gasteiger partial charge in [-0.25, -0.2) is 9.59 Å². The molecule has 7 nitrogen and oxygen atoms in total. The molecule has 0 spiro atoms. The average Bonchev–Trinajstić information content (AvgIpc) is 3.29. The molecular weight excluding hydrogens is 348 g/mol. The number of rotatable bonds is 4. The monoisotopic (exact) mass is 364 g/mol. The van der Waals surface area contributed by atoms with Crippen molar-refractivity contribution in [3.63, 3.8) is 0 Å². The van der Waals surface area contributed by atoms with Crippen LogP contribution in [0.25, 0.3) is 10.8 Å². The fraction of sp³-hybridized carbons (Fsp3) is 0.0500. The molecule has 0 saturated carbocycles. The number of furan rings is 1. The third-order valence-corrected chi connectivity index (χ3v) is 3.75. The number of aliphatic imine (C=N–C) groups is 1. The Morgan fingerprint density at radius 3 is 2.33 bits per heavy atom. The standard InChI is InChI=1S/C16H12N2O.C4H4O4/c1-4-11-5-2-8-14-15(11)13(7-1)16(18-14)17-10-12-6-3-9-19-12;5-3(6)1-2-4(7)8/h1-9H,10H2,(H,17,18);1-2H,(H,5,6)(H,7,8)/b;2-1+. The molecule has 0 radical (unpaired) electrons. The summed E-state index contributed by atoms with van der Waals surface area (Å²) < 4.78 is 5.31. The topological polar surface area (TPSA) is 112 Å². The average molecular weight is 364 g/mol. The summed E-state index contributed by atoms with van der Waals surface area (Å²) in [5.74, 6) is -0.722. The van der Waals surface area contributed by atoms with E-state index in [1.807, 2.05) is 12.1 Å². The zero-order valence-electron chi connectivity index (χ0n) is 14.1. The number of nitrogens with zero attached hydrogens (tertiary/aromatic N) is 1. The van der Waals surface area contributed by atoms with E-state index in [0.29, 0.717) is 18.7 Å². The van der Waals surface area contributed by atoms with Crippen LogP contribution < -0.4 is 5.32 Å². The molecule has 0 unspecified atom stereocenters. The molecule has 2 heterocycles. The number of carboxylic acid groups (broad SMARTS) is 2. The van der Waals surface area contributed by atoms with Crippen LogP contribution >= 0.6 is 0 Å². The van der Waals surface area contributed by atoms with Crippen molar-refractivity contribution >= 4 is 34.2 Å². The highest BCUT2D eigenvalue weighted by molar-refractivity contribution is 6.25. The highest BCUT2D eigenvalue weighted by Gasteiger charge is 2.18. The number of carboxylic acids is 2. The first-order valence-electron chi connectivity index (χ1n) is 8.04. The molecule has 0 saturated heterocycles. The zero-order valence-corrected chi connectivity index (χ0v) is 14.1. The first-order valence-corrected chi connectivity index (χ1v) is 8.04. The lowest BCUT2D eigenvalue weighted by atomic mass is 10.1. The Morgan fingerprint density at radius 2 is 1.70 bits per heavy atom. The Hall–Kier alpha value is -3.87. The van der Waals surface area contributed by atoms with Crippen LogP contribution in [-0.4, -0.2) is 28.0 Å². The number of hydrogen-bond donors (Lipinski definition) is 3. The van der Waals surface area contributed by atoms with Gasteiger partial charge >= 0.3 is 11.9 Å². The van der Waals surface area contributed by atoms with Crippen LogP contribution in [0.15, 0.2) is 76.4 Å². The molecule has 1 aromatic heterocycles. The molecule has 7 heteroatoms. The minimum atomic E-state index is -1.26. The fourth-order valence-electron chi connectivity index (χ4n) is 2.66. The van der Waals surface area contributed by atoms with Crippen molar-refractivity contribution < 1.29 is 24.2 Å². The van der Waals surface area contributed by atoms with Crippen molar-refractivity contribution in [3.05, 3.63) is 78.3 Å². The lowest BCUT2D eigenvalue weighted by Crippen LogP contribution is -2.07. The third kappa shape index (κ3) is 4.40. The number of aliphatic carboxylic acids is 2. The number of nitrogens with one attached hydrogen (secondary N) is 1. The van der Waals surface area contributed by atoms with E-state index in [9.17, 15) is 9.59 Å². The van der Waals surface area contributed by atoms with E-state index in [-0.39, 0.29) is 0 Å². The highest BCUT2D eigenvalue weighted by Crippen LogP contribution is 2.33. The van der Waals surface area contributed by atoms with Crippen LogP contribution in [0.2, 0.25) is 0 Å². The maximum Gasteiger partial charge on any atom is 0.328 e. The predicted molar refractivity (Wildman–Crippen MR) is 101 cm³/mol. The van der Waals surface area contributed by atoms with Crippen LogP contribution in [0.4, 0.5) is 5.69 Å². The van der Waals surface area contributed by atoms with E-state index in [1.165, 1.54) is 16.3 Å². The van der Waals surface area contributed by atoms with Gasteiger partial charge in [0, 0.05) is 28.8 Å². The number of carbonyl (C=O) groups is 2. The molecule has 0 fully saturated rings. The van der Waals surface area contributed by atoms with E-state index in [0.717, 1.165) is 17.3 Å². The van der Waals surface area contributed by atoms with E-state index < -0.39 is 11.9 Å². The van der Waals surface area contributed by atoms with Crippen LogP contribution in [0.3, 0.4) is 0 Å². The lowest BCUT2D eigenvalue weighted by molar-refractivity contribution is -0.134. The molecule has 3 aromatic rings. The fourth-order valence-corrected chi connectivity index (χ4v) is 2.66. The Balaban J connectivity index is 0.000000226. The molecule has 0 aliphatic carbocycles. The molecule has 4 rings (SSSR count). The molecule has 27 heavy (non-hydrogen) atoms. The molecule has 0 amide bonds.